The number of carbonyl (C=O) groups is 1. The van der Waals surface area contributed by atoms with Crippen molar-refractivity contribution < 1.29 is 4.79 Å². The summed E-state index contributed by atoms with van der Waals surface area (Å²) in [5.74, 6) is 0.977. The van der Waals surface area contributed by atoms with Gasteiger partial charge in [-0.2, -0.15) is 0 Å². The van der Waals surface area contributed by atoms with Crippen molar-refractivity contribution in [2.75, 3.05) is 50.5 Å². The van der Waals surface area contributed by atoms with Crippen LogP contribution in [-0.4, -0.2) is 78.3 Å². The number of carbonyl (C=O) groups excluding carboxylic acids is 1. The number of anilines is 2. The zero-order valence-electron chi connectivity index (χ0n) is 19.2. The van der Waals surface area contributed by atoms with E-state index in [-0.39, 0.29) is 5.91 Å². The van der Waals surface area contributed by atoms with Crippen molar-refractivity contribution in [1.82, 2.24) is 19.8 Å². The number of aromatic nitrogens is 2. The lowest BCUT2D eigenvalue weighted by molar-refractivity contribution is 0.0741. The molecule has 1 amide bonds. The Morgan fingerprint density at radius 1 is 1.19 bits per heavy atom. The number of piperazine rings is 1. The Morgan fingerprint density at radius 2 is 1.97 bits per heavy atom. The van der Waals surface area contributed by atoms with Gasteiger partial charge in [0.2, 0.25) is 0 Å². The second-order valence-electron chi connectivity index (χ2n) is 8.62. The fourth-order valence-corrected chi connectivity index (χ4v) is 3.86. The Balaban J connectivity index is 1.44. The van der Waals surface area contributed by atoms with Gasteiger partial charge in [-0.1, -0.05) is 0 Å². The van der Waals surface area contributed by atoms with Crippen LogP contribution >= 0.6 is 0 Å². The first-order chi connectivity index (χ1) is 15.4. The van der Waals surface area contributed by atoms with Gasteiger partial charge in [-0.3, -0.25) is 4.79 Å². The van der Waals surface area contributed by atoms with Crippen LogP contribution in [0.4, 0.5) is 17.2 Å². The molecule has 2 aromatic heterocycles. The van der Waals surface area contributed by atoms with Crippen LogP contribution in [0.1, 0.15) is 24.3 Å². The average Bonchev–Trinajstić information content (AvgIpc) is 3.21. The highest BCUT2D eigenvalue weighted by Crippen LogP contribution is 2.26. The predicted molar refractivity (Wildman–Crippen MR) is 131 cm³/mol. The first-order valence-corrected chi connectivity index (χ1v) is 11.0. The Bertz CT molecular complexity index is 1110. The van der Waals surface area contributed by atoms with Crippen LogP contribution in [0.25, 0.3) is 10.9 Å². The Hall–Kier alpha value is -3.55. The van der Waals surface area contributed by atoms with Crippen LogP contribution < -0.4 is 10.2 Å². The van der Waals surface area contributed by atoms with E-state index in [1.54, 1.807) is 6.34 Å². The van der Waals surface area contributed by atoms with Crippen molar-refractivity contribution in [3.8, 4) is 0 Å². The van der Waals surface area contributed by atoms with E-state index in [1.807, 2.05) is 60.4 Å². The van der Waals surface area contributed by atoms with Crippen molar-refractivity contribution >= 4 is 40.3 Å². The van der Waals surface area contributed by atoms with Crippen LogP contribution in [0, 0.1) is 0 Å². The van der Waals surface area contributed by atoms with Crippen LogP contribution in [0.15, 0.2) is 47.6 Å². The van der Waals surface area contributed by atoms with E-state index in [2.05, 4.69) is 45.1 Å². The standard InChI is InChI=1S/C24H31N7O/c1-17(2)27-21-6-5-9-25-23(21)30-10-12-31(13-11-30)24(32)22-15-18-14-19(26-16-29(3)4)7-8-20(18)28-22/h5-9,14-17,27-28H,10-13H2,1-4H3. The third kappa shape index (κ3) is 4.85. The van der Waals surface area contributed by atoms with E-state index in [9.17, 15) is 4.79 Å². The Labute approximate surface area is 188 Å². The van der Waals surface area contributed by atoms with Gasteiger partial charge in [-0.05, 0) is 50.2 Å². The summed E-state index contributed by atoms with van der Waals surface area (Å²) in [6.45, 7) is 7.05. The minimum atomic E-state index is 0.0285. The molecule has 168 valence electrons. The van der Waals surface area contributed by atoms with Crippen LogP contribution in [0.5, 0.6) is 0 Å². The largest absolute Gasteiger partial charge is 0.380 e. The normalized spacial score (nSPS) is 14.5. The zero-order chi connectivity index (χ0) is 22.7. The zero-order valence-corrected chi connectivity index (χ0v) is 19.2. The van der Waals surface area contributed by atoms with Gasteiger partial charge in [-0.25, -0.2) is 9.98 Å². The highest BCUT2D eigenvalue weighted by molar-refractivity contribution is 5.98. The highest BCUT2D eigenvalue weighted by Gasteiger charge is 2.25. The van der Waals surface area contributed by atoms with Gasteiger partial charge in [-0.15, -0.1) is 0 Å². The molecule has 32 heavy (non-hydrogen) atoms. The maximum Gasteiger partial charge on any atom is 0.270 e. The van der Waals surface area contributed by atoms with Crippen molar-refractivity contribution in [3.05, 3.63) is 48.3 Å². The van der Waals surface area contributed by atoms with Gasteiger partial charge in [0.05, 0.1) is 17.7 Å². The predicted octanol–water partition coefficient (Wildman–Crippen LogP) is 3.57. The van der Waals surface area contributed by atoms with E-state index in [4.69, 9.17) is 0 Å². The van der Waals surface area contributed by atoms with E-state index in [0.717, 1.165) is 41.2 Å². The number of benzene rings is 1. The summed E-state index contributed by atoms with van der Waals surface area (Å²) >= 11 is 0. The van der Waals surface area contributed by atoms with Crippen LogP contribution in [0.2, 0.25) is 0 Å². The first-order valence-electron chi connectivity index (χ1n) is 11.0. The molecule has 0 saturated carbocycles. The molecule has 1 saturated heterocycles. The maximum atomic E-state index is 13.1. The fourth-order valence-electron chi connectivity index (χ4n) is 3.86. The molecule has 4 rings (SSSR count). The number of aromatic amines is 1. The molecule has 3 aromatic rings. The molecular formula is C24H31N7O. The summed E-state index contributed by atoms with van der Waals surface area (Å²) in [5, 5.41) is 4.45. The Morgan fingerprint density at radius 3 is 2.69 bits per heavy atom. The molecule has 8 heteroatoms. The fraction of sp³-hybridized carbons (Fsp3) is 0.375. The van der Waals surface area contributed by atoms with Gasteiger partial charge in [0.1, 0.15) is 5.69 Å². The molecule has 0 atom stereocenters. The number of H-pyrrole nitrogens is 1. The van der Waals surface area contributed by atoms with Gasteiger partial charge < -0.3 is 25.0 Å². The number of rotatable bonds is 6. The molecule has 0 aliphatic carbocycles. The SMILES string of the molecule is CC(C)Nc1cccnc1N1CCN(C(=O)c2cc3cc(N=CN(C)C)ccc3[nH]2)CC1. The van der Waals surface area contributed by atoms with E-state index in [1.165, 1.54) is 0 Å². The number of pyridine rings is 1. The monoisotopic (exact) mass is 433 g/mol. The molecule has 0 radical (unpaired) electrons. The number of hydrogen-bond donors (Lipinski definition) is 2. The third-order valence-corrected chi connectivity index (χ3v) is 5.37. The summed E-state index contributed by atoms with van der Waals surface area (Å²) in [6.07, 6.45) is 3.59. The summed E-state index contributed by atoms with van der Waals surface area (Å²) < 4.78 is 0. The average molecular weight is 434 g/mol. The molecular weight excluding hydrogens is 402 g/mol. The van der Waals surface area contributed by atoms with E-state index < -0.39 is 0 Å². The lowest BCUT2D eigenvalue weighted by Gasteiger charge is -2.36. The lowest BCUT2D eigenvalue weighted by atomic mass is 10.2. The smallest absolute Gasteiger partial charge is 0.270 e. The minimum absolute atomic E-state index is 0.0285. The van der Waals surface area contributed by atoms with E-state index >= 15 is 0 Å². The van der Waals surface area contributed by atoms with Crippen molar-refractivity contribution in [2.45, 2.75) is 19.9 Å². The first kappa shape index (κ1) is 21.7. The molecule has 0 spiro atoms. The number of amides is 1. The molecule has 1 fully saturated rings. The second kappa shape index (κ2) is 9.30. The summed E-state index contributed by atoms with van der Waals surface area (Å²) in [5.41, 5.74) is 3.44. The van der Waals surface area contributed by atoms with Crippen molar-refractivity contribution in [2.24, 2.45) is 4.99 Å². The van der Waals surface area contributed by atoms with Gasteiger partial charge >= 0.3 is 0 Å². The molecule has 3 heterocycles. The summed E-state index contributed by atoms with van der Waals surface area (Å²) in [4.78, 5) is 31.5. The summed E-state index contributed by atoms with van der Waals surface area (Å²) in [7, 11) is 3.87. The molecule has 1 aromatic carbocycles. The second-order valence-corrected chi connectivity index (χ2v) is 8.62. The molecule has 1 aliphatic rings. The molecule has 8 nitrogen and oxygen atoms in total. The third-order valence-electron chi connectivity index (χ3n) is 5.37. The van der Waals surface area contributed by atoms with E-state index in [0.29, 0.717) is 24.8 Å². The number of nitrogens with one attached hydrogen (secondary N) is 2. The molecule has 0 bridgehead atoms. The van der Waals surface area contributed by atoms with Crippen LogP contribution in [-0.2, 0) is 0 Å². The van der Waals surface area contributed by atoms with Crippen molar-refractivity contribution in [3.63, 3.8) is 0 Å². The lowest BCUT2D eigenvalue weighted by Crippen LogP contribution is -2.49. The quantitative estimate of drug-likeness (QED) is 0.459. The highest BCUT2D eigenvalue weighted by atomic mass is 16.2. The number of aliphatic imine (C=N–C) groups is 1. The van der Waals surface area contributed by atoms with Crippen LogP contribution in [0.3, 0.4) is 0 Å². The molecule has 1 aliphatic heterocycles. The van der Waals surface area contributed by atoms with Gasteiger partial charge in [0.15, 0.2) is 5.82 Å². The summed E-state index contributed by atoms with van der Waals surface area (Å²) in [6, 6.07) is 12.2. The molecule has 2 N–H and O–H groups in total. The van der Waals surface area contributed by atoms with Gasteiger partial charge in [0.25, 0.3) is 5.91 Å². The Kier molecular flexibility index (Phi) is 6.30. The number of nitrogens with zero attached hydrogens (tertiary/aromatic N) is 5. The number of fused-ring (bicyclic) bond motifs is 1. The molecule has 0 unspecified atom stereocenters. The topological polar surface area (TPSA) is 79.9 Å². The minimum Gasteiger partial charge on any atom is -0.380 e. The number of hydrogen-bond acceptors (Lipinski definition) is 5. The maximum absolute atomic E-state index is 13.1. The van der Waals surface area contributed by atoms with Gasteiger partial charge in [0, 0.05) is 63.4 Å². The van der Waals surface area contributed by atoms with Crippen molar-refractivity contribution in [1.29, 1.82) is 0 Å².